The van der Waals surface area contributed by atoms with Crippen molar-refractivity contribution in [1.29, 1.82) is 0 Å². The molecule has 6 heteroatoms. The Labute approximate surface area is 130 Å². The molecule has 0 saturated carbocycles. The Hall–Kier alpha value is -3.28. The van der Waals surface area contributed by atoms with Crippen LogP contribution in [0.1, 0.15) is 26.3 Å². The van der Waals surface area contributed by atoms with Crippen LogP contribution in [-0.2, 0) is 4.79 Å². The predicted octanol–water partition coefficient (Wildman–Crippen LogP) is 2.72. The van der Waals surface area contributed by atoms with Gasteiger partial charge >= 0.3 is 5.97 Å². The lowest BCUT2D eigenvalue weighted by Crippen LogP contribution is -2.30. The third kappa shape index (κ3) is 2.40. The molecule has 0 aliphatic carbocycles. The summed E-state index contributed by atoms with van der Waals surface area (Å²) in [5, 5.41) is 8.62. The fourth-order valence-corrected chi connectivity index (χ4v) is 2.41. The van der Waals surface area contributed by atoms with E-state index in [-0.39, 0.29) is 22.4 Å². The largest absolute Gasteiger partial charge is 0.478 e. The number of carboxylic acids is 1. The number of rotatable bonds is 3. The summed E-state index contributed by atoms with van der Waals surface area (Å²) in [6, 6.07) is 10.4. The second-order valence-corrected chi connectivity index (χ2v) is 4.84. The van der Waals surface area contributed by atoms with Gasteiger partial charge in [-0.05, 0) is 24.3 Å². The molecule has 0 fully saturated rings. The minimum absolute atomic E-state index is 0.0264. The zero-order chi connectivity index (χ0) is 16.6. The maximum atomic E-state index is 14.6. The van der Waals surface area contributed by atoms with Gasteiger partial charge in [-0.2, -0.15) is 0 Å². The van der Waals surface area contributed by atoms with E-state index in [9.17, 15) is 18.8 Å². The van der Waals surface area contributed by atoms with Crippen molar-refractivity contribution in [2.24, 2.45) is 0 Å². The fraction of sp³-hybridized carbons (Fsp3) is 0. The summed E-state index contributed by atoms with van der Waals surface area (Å²) in [6.45, 7) is 0. The molecule has 0 aromatic heterocycles. The monoisotopic (exact) mass is 311 g/mol. The van der Waals surface area contributed by atoms with Crippen LogP contribution in [0, 0.1) is 5.82 Å². The smallest absolute Gasteiger partial charge is 0.328 e. The van der Waals surface area contributed by atoms with E-state index < -0.39 is 23.6 Å². The van der Waals surface area contributed by atoms with Crippen molar-refractivity contribution in [1.82, 2.24) is 0 Å². The average molecular weight is 311 g/mol. The van der Waals surface area contributed by atoms with Gasteiger partial charge in [-0.1, -0.05) is 24.3 Å². The van der Waals surface area contributed by atoms with Crippen molar-refractivity contribution >= 4 is 29.5 Å². The predicted molar refractivity (Wildman–Crippen MR) is 80.7 cm³/mol. The highest BCUT2D eigenvalue weighted by Crippen LogP contribution is 2.31. The van der Waals surface area contributed by atoms with E-state index in [1.54, 1.807) is 12.1 Å². The molecule has 0 saturated heterocycles. The molecule has 1 aliphatic heterocycles. The van der Waals surface area contributed by atoms with Gasteiger partial charge in [0.25, 0.3) is 11.8 Å². The molecule has 0 spiro atoms. The summed E-state index contributed by atoms with van der Waals surface area (Å²) in [6.07, 6.45) is 1.85. The summed E-state index contributed by atoms with van der Waals surface area (Å²) in [4.78, 5) is 36.0. The number of aliphatic carboxylic acids is 1. The molecule has 5 nitrogen and oxygen atoms in total. The van der Waals surface area contributed by atoms with Crippen LogP contribution in [0.4, 0.5) is 10.1 Å². The molecule has 2 amide bonds. The summed E-state index contributed by atoms with van der Waals surface area (Å²) in [5.41, 5.74) is 0.192. The Bertz CT molecular complexity index is 838. The number of amides is 2. The van der Waals surface area contributed by atoms with Gasteiger partial charge in [0.15, 0.2) is 5.82 Å². The molecule has 1 heterocycles. The van der Waals surface area contributed by atoms with Crippen LogP contribution in [-0.4, -0.2) is 22.9 Å². The lowest BCUT2D eigenvalue weighted by molar-refractivity contribution is -0.131. The molecule has 1 N–H and O–H groups in total. The fourth-order valence-electron chi connectivity index (χ4n) is 2.41. The SMILES string of the molecule is O=C(O)C=Cc1cccc(N2C(=O)c3ccccc3C2=O)c1F. The minimum atomic E-state index is -1.23. The number of anilines is 1. The highest BCUT2D eigenvalue weighted by Gasteiger charge is 2.37. The first-order valence-corrected chi connectivity index (χ1v) is 6.68. The molecule has 0 radical (unpaired) electrons. The molecule has 0 atom stereocenters. The highest BCUT2D eigenvalue weighted by atomic mass is 19.1. The number of imide groups is 1. The molecule has 2 aromatic carbocycles. The van der Waals surface area contributed by atoms with Gasteiger partial charge in [-0.15, -0.1) is 0 Å². The van der Waals surface area contributed by atoms with Crippen LogP contribution >= 0.6 is 0 Å². The van der Waals surface area contributed by atoms with Crippen LogP contribution in [0.25, 0.3) is 6.08 Å². The molecular formula is C17H10FNO4. The van der Waals surface area contributed by atoms with Gasteiger partial charge in [-0.3, -0.25) is 9.59 Å². The van der Waals surface area contributed by atoms with Crippen LogP contribution in [0.3, 0.4) is 0 Å². The van der Waals surface area contributed by atoms with E-state index in [1.807, 2.05) is 0 Å². The minimum Gasteiger partial charge on any atom is -0.478 e. The highest BCUT2D eigenvalue weighted by molar-refractivity contribution is 6.34. The van der Waals surface area contributed by atoms with Gasteiger partial charge in [0, 0.05) is 11.6 Å². The quantitative estimate of drug-likeness (QED) is 0.698. The standard InChI is InChI=1S/C17H10FNO4/c18-15-10(8-9-14(20)21)4-3-7-13(15)19-16(22)11-5-1-2-6-12(11)17(19)23/h1-9H,(H,20,21). The van der Waals surface area contributed by atoms with Gasteiger partial charge < -0.3 is 5.11 Å². The Kier molecular flexibility index (Phi) is 3.50. The molecule has 23 heavy (non-hydrogen) atoms. The van der Waals surface area contributed by atoms with Gasteiger partial charge in [0.2, 0.25) is 0 Å². The second-order valence-electron chi connectivity index (χ2n) is 4.84. The Morgan fingerprint density at radius 2 is 1.61 bits per heavy atom. The van der Waals surface area contributed by atoms with E-state index >= 15 is 0 Å². The summed E-state index contributed by atoms with van der Waals surface area (Å²) in [5.74, 6) is -3.28. The van der Waals surface area contributed by atoms with E-state index in [0.717, 1.165) is 17.1 Å². The number of carbonyl (C=O) groups is 3. The average Bonchev–Trinajstić information content (AvgIpc) is 2.79. The molecular weight excluding hydrogens is 301 g/mol. The van der Waals surface area contributed by atoms with Gasteiger partial charge in [0.05, 0.1) is 16.8 Å². The summed E-state index contributed by atoms with van der Waals surface area (Å²) in [7, 11) is 0. The van der Waals surface area contributed by atoms with E-state index in [4.69, 9.17) is 5.11 Å². The van der Waals surface area contributed by atoms with Gasteiger partial charge in [-0.25, -0.2) is 14.1 Å². The summed E-state index contributed by atoms with van der Waals surface area (Å²) >= 11 is 0. The maximum Gasteiger partial charge on any atom is 0.328 e. The second kappa shape index (κ2) is 5.49. The van der Waals surface area contributed by atoms with E-state index in [2.05, 4.69) is 0 Å². The first kappa shape index (κ1) is 14.6. The number of halogens is 1. The lowest BCUT2D eigenvalue weighted by Gasteiger charge is -2.15. The normalized spacial score (nSPS) is 13.7. The first-order chi connectivity index (χ1) is 11.0. The molecule has 2 aromatic rings. The number of fused-ring (bicyclic) bond motifs is 1. The third-order valence-electron chi connectivity index (χ3n) is 3.45. The van der Waals surface area contributed by atoms with Crippen molar-refractivity contribution in [3.8, 4) is 0 Å². The van der Waals surface area contributed by atoms with Crippen molar-refractivity contribution in [2.75, 3.05) is 4.90 Å². The van der Waals surface area contributed by atoms with Crippen molar-refractivity contribution in [3.63, 3.8) is 0 Å². The maximum absolute atomic E-state index is 14.6. The van der Waals surface area contributed by atoms with Crippen LogP contribution in [0.2, 0.25) is 0 Å². The Morgan fingerprint density at radius 1 is 1.00 bits per heavy atom. The number of nitrogens with zero attached hydrogens (tertiary/aromatic N) is 1. The molecule has 0 bridgehead atoms. The van der Waals surface area contributed by atoms with Crippen LogP contribution < -0.4 is 4.90 Å². The number of hydrogen-bond acceptors (Lipinski definition) is 3. The zero-order valence-corrected chi connectivity index (χ0v) is 11.7. The van der Waals surface area contributed by atoms with Crippen molar-refractivity contribution in [2.45, 2.75) is 0 Å². The van der Waals surface area contributed by atoms with Crippen molar-refractivity contribution < 1.29 is 23.9 Å². The third-order valence-corrected chi connectivity index (χ3v) is 3.45. The van der Waals surface area contributed by atoms with E-state index in [1.165, 1.54) is 30.3 Å². The first-order valence-electron chi connectivity index (χ1n) is 6.68. The molecule has 0 unspecified atom stereocenters. The number of hydrogen-bond donors (Lipinski definition) is 1. The van der Waals surface area contributed by atoms with Crippen molar-refractivity contribution in [3.05, 3.63) is 71.0 Å². The summed E-state index contributed by atoms with van der Waals surface area (Å²) < 4.78 is 14.6. The zero-order valence-electron chi connectivity index (χ0n) is 11.7. The topological polar surface area (TPSA) is 74.7 Å². The lowest BCUT2D eigenvalue weighted by atomic mass is 10.1. The van der Waals surface area contributed by atoms with Gasteiger partial charge in [0.1, 0.15) is 0 Å². The number of carbonyl (C=O) groups excluding carboxylic acids is 2. The molecule has 3 rings (SSSR count). The van der Waals surface area contributed by atoms with Crippen LogP contribution in [0.5, 0.6) is 0 Å². The Morgan fingerprint density at radius 3 is 2.17 bits per heavy atom. The number of benzene rings is 2. The Balaban J connectivity index is 2.07. The van der Waals surface area contributed by atoms with Crippen LogP contribution in [0.15, 0.2) is 48.5 Å². The molecule has 1 aliphatic rings. The van der Waals surface area contributed by atoms with E-state index in [0.29, 0.717) is 0 Å². The number of carboxylic acid groups (broad SMARTS) is 1. The molecule has 114 valence electrons.